The van der Waals surface area contributed by atoms with E-state index in [4.69, 9.17) is 0 Å². The Morgan fingerprint density at radius 1 is 1.32 bits per heavy atom. The van der Waals surface area contributed by atoms with Crippen molar-refractivity contribution in [3.63, 3.8) is 0 Å². The van der Waals surface area contributed by atoms with Crippen LogP contribution in [0.2, 0.25) is 0 Å². The van der Waals surface area contributed by atoms with Crippen LogP contribution in [0.15, 0.2) is 23.4 Å². The van der Waals surface area contributed by atoms with Gasteiger partial charge in [0.05, 0.1) is 5.69 Å². The molecular formula is C13H23N3O2S. The van der Waals surface area contributed by atoms with Crippen molar-refractivity contribution >= 4 is 15.7 Å². The summed E-state index contributed by atoms with van der Waals surface area (Å²) in [6.07, 6.45) is 3.89. The van der Waals surface area contributed by atoms with Gasteiger partial charge in [0.25, 0.3) is 0 Å². The molecule has 0 aliphatic heterocycles. The summed E-state index contributed by atoms with van der Waals surface area (Å²) in [6.45, 7) is 9.09. The van der Waals surface area contributed by atoms with Gasteiger partial charge in [-0.15, -0.1) is 0 Å². The summed E-state index contributed by atoms with van der Waals surface area (Å²) in [6, 6.07) is 1.68. The van der Waals surface area contributed by atoms with E-state index in [1.54, 1.807) is 12.3 Å². The second kappa shape index (κ2) is 6.34. The smallest absolute Gasteiger partial charge is 0.244 e. The van der Waals surface area contributed by atoms with E-state index in [9.17, 15) is 8.42 Å². The molecule has 0 saturated heterocycles. The lowest BCUT2D eigenvalue weighted by atomic mass is 9.98. The van der Waals surface area contributed by atoms with E-state index in [2.05, 4.69) is 15.0 Å². The first-order valence-electron chi connectivity index (χ1n) is 6.44. The van der Waals surface area contributed by atoms with Crippen molar-refractivity contribution in [3.8, 4) is 0 Å². The van der Waals surface area contributed by atoms with Gasteiger partial charge >= 0.3 is 0 Å². The van der Waals surface area contributed by atoms with E-state index in [0.717, 1.165) is 13.0 Å². The summed E-state index contributed by atoms with van der Waals surface area (Å²) < 4.78 is 27.2. The SMILES string of the molecule is CCCNc1ccncc1S(=O)(=O)NCC(C)(C)C. The van der Waals surface area contributed by atoms with Gasteiger partial charge in [0.2, 0.25) is 10.0 Å². The highest BCUT2D eigenvalue weighted by molar-refractivity contribution is 7.89. The van der Waals surface area contributed by atoms with Crippen LogP contribution in [0.4, 0.5) is 5.69 Å². The summed E-state index contributed by atoms with van der Waals surface area (Å²) in [4.78, 5) is 4.11. The molecule has 108 valence electrons. The fourth-order valence-corrected chi connectivity index (χ4v) is 2.80. The molecule has 2 N–H and O–H groups in total. The van der Waals surface area contributed by atoms with Gasteiger partial charge in [-0.1, -0.05) is 27.7 Å². The molecule has 1 aromatic rings. The van der Waals surface area contributed by atoms with Crippen molar-refractivity contribution in [2.75, 3.05) is 18.4 Å². The van der Waals surface area contributed by atoms with Crippen molar-refractivity contribution in [3.05, 3.63) is 18.5 Å². The first-order valence-corrected chi connectivity index (χ1v) is 7.92. The van der Waals surface area contributed by atoms with Gasteiger partial charge in [-0.3, -0.25) is 4.98 Å². The summed E-state index contributed by atoms with van der Waals surface area (Å²) in [5, 5.41) is 3.11. The average molecular weight is 285 g/mol. The molecule has 19 heavy (non-hydrogen) atoms. The zero-order chi connectivity index (χ0) is 14.5. The molecule has 1 rings (SSSR count). The van der Waals surface area contributed by atoms with Gasteiger partial charge in [-0.05, 0) is 17.9 Å². The molecule has 0 saturated carbocycles. The van der Waals surface area contributed by atoms with Crippen LogP contribution in [-0.4, -0.2) is 26.5 Å². The maximum absolute atomic E-state index is 12.3. The average Bonchev–Trinajstić information content (AvgIpc) is 2.34. The van der Waals surface area contributed by atoms with Gasteiger partial charge in [-0.25, -0.2) is 13.1 Å². The number of aromatic nitrogens is 1. The zero-order valence-electron chi connectivity index (χ0n) is 12.0. The van der Waals surface area contributed by atoms with Gasteiger partial charge in [-0.2, -0.15) is 0 Å². The van der Waals surface area contributed by atoms with Gasteiger partial charge < -0.3 is 5.32 Å². The van der Waals surface area contributed by atoms with Crippen molar-refractivity contribution in [1.29, 1.82) is 0 Å². The normalized spacial score (nSPS) is 12.4. The zero-order valence-corrected chi connectivity index (χ0v) is 12.8. The molecule has 6 heteroatoms. The predicted molar refractivity (Wildman–Crippen MR) is 77.7 cm³/mol. The quantitative estimate of drug-likeness (QED) is 0.841. The number of nitrogens with zero attached hydrogens (tertiary/aromatic N) is 1. The largest absolute Gasteiger partial charge is 0.384 e. The van der Waals surface area contributed by atoms with Gasteiger partial charge in [0.1, 0.15) is 4.90 Å². The Hall–Kier alpha value is -1.14. The molecule has 0 aliphatic carbocycles. The number of rotatable bonds is 6. The Kier molecular flexibility index (Phi) is 5.31. The number of anilines is 1. The molecule has 1 heterocycles. The van der Waals surface area contributed by atoms with E-state index < -0.39 is 10.0 Å². The van der Waals surface area contributed by atoms with Crippen LogP contribution in [0.5, 0.6) is 0 Å². The molecule has 0 aromatic carbocycles. The van der Waals surface area contributed by atoms with Crippen LogP contribution in [0.1, 0.15) is 34.1 Å². The third-order valence-electron chi connectivity index (χ3n) is 2.43. The summed E-state index contributed by atoms with van der Waals surface area (Å²) in [7, 11) is -3.53. The maximum Gasteiger partial charge on any atom is 0.244 e. The Morgan fingerprint density at radius 3 is 2.58 bits per heavy atom. The highest BCUT2D eigenvalue weighted by atomic mass is 32.2. The minimum absolute atomic E-state index is 0.105. The topological polar surface area (TPSA) is 71.1 Å². The van der Waals surface area contributed by atoms with E-state index in [-0.39, 0.29) is 10.3 Å². The number of nitrogens with one attached hydrogen (secondary N) is 2. The lowest BCUT2D eigenvalue weighted by Gasteiger charge is -2.19. The second-order valence-corrected chi connectivity index (χ2v) is 7.42. The molecule has 0 fully saturated rings. The lowest BCUT2D eigenvalue weighted by molar-refractivity contribution is 0.407. The van der Waals surface area contributed by atoms with Crippen LogP contribution in [0.3, 0.4) is 0 Å². The highest BCUT2D eigenvalue weighted by Crippen LogP contribution is 2.20. The Bertz CT molecular complexity index is 507. The Labute approximate surface area is 115 Å². The Morgan fingerprint density at radius 2 is 2.00 bits per heavy atom. The molecule has 0 aliphatic rings. The monoisotopic (exact) mass is 285 g/mol. The first-order chi connectivity index (χ1) is 8.76. The molecular weight excluding hydrogens is 262 g/mol. The van der Waals surface area contributed by atoms with E-state index in [1.165, 1.54) is 6.20 Å². The minimum Gasteiger partial charge on any atom is -0.384 e. The summed E-state index contributed by atoms with van der Waals surface area (Å²) in [5.74, 6) is 0. The van der Waals surface area contributed by atoms with Gasteiger partial charge in [0, 0.05) is 25.5 Å². The van der Waals surface area contributed by atoms with E-state index in [1.807, 2.05) is 27.7 Å². The summed E-state index contributed by atoms with van der Waals surface area (Å²) in [5.41, 5.74) is 0.491. The van der Waals surface area contributed by atoms with Crippen LogP contribution < -0.4 is 10.0 Å². The molecule has 0 unspecified atom stereocenters. The maximum atomic E-state index is 12.3. The molecule has 0 amide bonds. The van der Waals surface area contributed by atoms with E-state index >= 15 is 0 Å². The highest BCUT2D eigenvalue weighted by Gasteiger charge is 2.21. The number of hydrogen-bond donors (Lipinski definition) is 2. The van der Waals surface area contributed by atoms with Crippen molar-refractivity contribution < 1.29 is 8.42 Å². The van der Waals surface area contributed by atoms with E-state index in [0.29, 0.717) is 12.2 Å². The minimum atomic E-state index is -3.53. The standard InChI is InChI=1S/C13H23N3O2S/c1-5-7-15-11-6-8-14-9-12(11)19(17,18)16-10-13(2,3)4/h6,8-9,16H,5,7,10H2,1-4H3,(H,14,15). The fraction of sp³-hybridized carbons (Fsp3) is 0.615. The molecule has 0 spiro atoms. The third kappa shape index (κ3) is 5.16. The molecule has 0 atom stereocenters. The number of hydrogen-bond acceptors (Lipinski definition) is 4. The first kappa shape index (κ1) is 15.9. The molecule has 0 radical (unpaired) electrons. The van der Waals surface area contributed by atoms with Crippen LogP contribution in [0.25, 0.3) is 0 Å². The van der Waals surface area contributed by atoms with Crippen molar-refractivity contribution in [1.82, 2.24) is 9.71 Å². The third-order valence-corrected chi connectivity index (χ3v) is 3.86. The molecule has 0 bridgehead atoms. The summed E-state index contributed by atoms with van der Waals surface area (Å²) >= 11 is 0. The number of sulfonamides is 1. The van der Waals surface area contributed by atoms with Crippen molar-refractivity contribution in [2.24, 2.45) is 5.41 Å². The predicted octanol–water partition coefficient (Wildman–Crippen LogP) is 2.23. The second-order valence-electron chi connectivity index (χ2n) is 5.68. The van der Waals surface area contributed by atoms with Crippen LogP contribution >= 0.6 is 0 Å². The van der Waals surface area contributed by atoms with Gasteiger partial charge in [0.15, 0.2) is 0 Å². The van der Waals surface area contributed by atoms with Crippen molar-refractivity contribution in [2.45, 2.75) is 39.0 Å². The molecule has 5 nitrogen and oxygen atoms in total. The van der Waals surface area contributed by atoms with Crippen LogP contribution in [0, 0.1) is 5.41 Å². The van der Waals surface area contributed by atoms with Crippen LogP contribution in [-0.2, 0) is 10.0 Å². The lowest BCUT2D eigenvalue weighted by Crippen LogP contribution is -2.32. The Balaban J connectivity index is 2.94. The fourth-order valence-electron chi connectivity index (χ4n) is 1.39. The molecule has 1 aromatic heterocycles. The number of pyridine rings is 1.